The Hall–Kier alpha value is -1.38. The Morgan fingerprint density at radius 1 is 1.39 bits per heavy atom. The van der Waals surface area contributed by atoms with Gasteiger partial charge in [0, 0.05) is 17.8 Å². The molecule has 1 unspecified atom stereocenters. The molecular formula is C15H24N2O. The minimum atomic E-state index is 0.452. The lowest BCUT2D eigenvalue weighted by molar-refractivity contribution is 0.229. The number of methoxy groups -OCH3 is 1. The maximum absolute atomic E-state index is 5.82. The van der Waals surface area contributed by atoms with Crippen LogP contribution in [0.5, 0.6) is 5.75 Å². The highest BCUT2D eigenvalue weighted by atomic mass is 16.5. The molecule has 1 atom stereocenters. The number of anilines is 2. The molecular weight excluding hydrogens is 224 g/mol. The fourth-order valence-electron chi connectivity index (χ4n) is 2.86. The van der Waals surface area contributed by atoms with E-state index in [2.05, 4.69) is 19.2 Å². The Bertz CT molecular complexity index is 415. The predicted octanol–water partition coefficient (Wildman–Crippen LogP) is 3.66. The van der Waals surface area contributed by atoms with Crippen LogP contribution in [-0.2, 0) is 0 Å². The van der Waals surface area contributed by atoms with Crippen molar-refractivity contribution in [3.05, 3.63) is 18.2 Å². The summed E-state index contributed by atoms with van der Waals surface area (Å²) in [6, 6.07) is 6.47. The van der Waals surface area contributed by atoms with E-state index in [-0.39, 0.29) is 0 Å². The molecule has 0 saturated heterocycles. The number of benzene rings is 1. The third-order valence-electron chi connectivity index (χ3n) is 3.81. The van der Waals surface area contributed by atoms with Gasteiger partial charge in [0.25, 0.3) is 0 Å². The van der Waals surface area contributed by atoms with E-state index in [1.807, 2.05) is 18.2 Å². The van der Waals surface area contributed by atoms with Crippen molar-refractivity contribution in [2.75, 3.05) is 18.2 Å². The molecule has 0 radical (unpaired) electrons. The Labute approximate surface area is 110 Å². The van der Waals surface area contributed by atoms with Crippen LogP contribution in [0.3, 0.4) is 0 Å². The lowest BCUT2D eigenvalue weighted by Crippen LogP contribution is -2.31. The highest BCUT2D eigenvalue weighted by molar-refractivity contribution is 5.61. The molecule has 0 aliphatic heterocycles. The normalized spacial score (nSPS) is 22.5. The summed E-state index contributed by atoms with van der Waals surface area (Å²) in [5.41, 5.74) is 8.06. The Balaban J connectivity index is 2.05. The zero-order valence-electron chi connectivity index (χ0n) is 11.6. The van der Waals surface area contributed by atoms with Crippen molar-refractivity contribution in [2.24, 2.45) is 5.41 Å². The van der Waals surface area contributed by atoms with E-state index >= 15 is 0 Å². The van der Waals surface area contributed by atoms with Crippen molar-refractivity contribution in [3.63, 3.8) is 0 Å². The molecule has 1 saturated carbocycles. The molecule has 0 bridgehead atoms. The molecule has 0 aromatic heterocycles. The molecule has 100 valence electrons. The second-order valence-corrected chi connectivity index (χ2v) is 6.06. The quantitative estimate of drug-likeness (QED) is 0.802. The molecule has 3 heteroatoms. The van der Waals surface area contributed by atoms with E-state index in [9.17, 15) is 0 Å². The molecule has 1 aliphatic rings. The fraction of sp³-hybridized carbons (Fsp3) is 0.600. The summed E-state index contributed by atoms with van der Waals surface area (Å²) in [5.74, 6) is 0.745. The summed E-state index contributed by atoms with van der Waals surface area (Å²) in [6.07, 6.45) is 5.10. The van der Waals surface area contributed by atoms with Gasteiger partial charge >= 0.3 is 0 Å². The Morgan fingerprint density at radius 2 is 2.17 bits per heavy atom. The molecule has 1 fully saturated rings. The monoisotopic (exact) mass is 248 g/mol. The zero-order chi connectivity index (χ0) is 13.2. The van der Waals surface area contributed by atoms with Gasteiger partial charge in [0.1, 0.15) is 5.75 Å². The Kier molecular flexibility index (Phi) is 3.69. The van der Waals surface area contributed by atoms with Crippen LogP contribution in [0.4, 0.5) is 11.4 Å². The summed E-state index contributed by atoms with van der Waals surface area (Å²) in [4.78, 5) is 0. The number of nitrogens with one attached hydrogen (secondary N) is 1. The van der Waals surface area contributed by atoms with Crippen LogP contribution in [0.15, 0.2) is 18.2 Å². The van der Waals surface area contributed by atoms with Crippen LogP contribution in [0.1, 0.15) is 39.5 Å². The van der Waals surface area contributed by atoms with Crippen molar-refractivity contribution >= 4 is 11.4 Å². The highest BCUT2D eigenvalue weighted by Crippen LogP contribution is 2.36. The van der Waals surface area contributed by atoms with Crippen molar-refractivity contribution in [1.29, 1.82) is 0 Å². The van der Waals surface area contributed by atoms with E-state index < -0.39 is 0 Å². The smallest absolute Gasteiger partial charge is 0.143 e. The highest BCUT2D eigenvalue weighted by Gasteiger charge is 2.27. The van der Waals surface area contributed by atoms with Crippen molar-refractivity contribution in [2.45, 2.75) is 45.6 Å². The maximum Gasteiger partial charge on any atom is 0.143 e. The molecule has 18 heavy (non-hydrogen) atoms. The predicted molar refractivity (Wildman–Crippen MR) is 77.1 cm³/mol. The van der Waals surface area contributed by atoms with E-state index in [1.165, 1.54) is 25.7 Å². The lowest BCUT2D eigenvalue weighted by Gasteiger charge is -2.36. The molecule has 0 amide bonds. The number of nitrogens with two attached hydrogens (primary N) is 1. The third-order valence-corrected chi connectivity index (χ3v) is 3.81. The molecule has 0 spiro atoms. The Morgan fingerprint density at radius 3 is 2.83 bits per heavy atom. The first-order chi connectivity index (χ1) is 8.50. The van der Waals surface area contributed by atoms with Crippen molar-refractivity contribution < 1.29 is 4.74 Å². The van der Waals surface area contributed by atoms with Crippen LogP contribution in [0.25, 0.3) is 0 Å². The zero-order valence-corrected chi connectivity index (χ0v) is 11.6. The molecule has 1 aromatic carbocycles. The average Bonchev–Trinajstić information content (AvgIpc) is 2.30. The largest absolute Gasteiger partial charge is 0.495 e. The minimum absolute atomic E-state index is 0.452. The summed E-state index contributed by atoms with van der Waals surface area (Å²) in [7, 11) is 1.65. The molecule has 2 rings (SSSR count). The summed E-state index contributed by atoms with van der Waals surface area (Å²) >= 11 is 0. The molecule has 3 nitrogen and oxygen atoms in total. The van der Waals surface area contributed by atoms with E-state index in [0.29, 0.717) is 17.1 Å². The first kappa shape index (κ1) is 13.1. The van der Waals surface area contributed by atoms with Crippen LogP contribution in [-0.4, -0.2) is 13.2 Å². The summed E-state index contributed by atoms with van der Waals surface area (Å²) in [6.45, 7) is 4.70. The van der Waals surface area contributed by atoms with Gasteiger partial charge in [-0.05, 0) is 36.8 Å². The number of hydrogen-bond acceptors (Lipinski definition) is 3. The molecule has 3 N–H and O–H groups in total. The lowest BCUT2D eigenvalue weighted by atomic mass is 9.75. The van der Waals surface area contributed by atoms with Gasteiger partial charge in [-0.15, -0.1) is 0 Å². The molecule has 0 heterocycles. The van der Waals surface area contributed by atoms with Crippen LogP contribution >= 0.6 is 0 Å². The van der Waals surface area contributed by atoms with E-state index in [0.717, 1.165) is 11.4 Å². The van der Waals surface area contributed by atoms with E-state index in [1.54, 1.807) is 7.11 Å². The first-order valence-electron chi connectivity index (χ1n) is 6.70. The maximum atomic E-state index is 5.82. The number of ether oxygens (including phenoxy) is 1. The summed E-state index contributed by atoms with van der Waals surface area (Å²) < 4.78 is 5.25. The van der Waals surface area contributed by atoms with Gasteiger partial charge in [-0.3, -0.25) is 0 Å². The summed E-state index contributed by atoms with van der Waals surface area (Å²) in [5, 5.41) is 3.60. The van der Waals surface area contributed by atoms with Gasteiger partial charge in [-0.1, -0.05) is 20.3 Å². The van der Waals surface area contributed by atoms with Gasteiger partial charge < -0.3 is 15.8 Å². The SMILES string of the molecule is COc1cc(NC2CCCC(C)(C)C2)ccc1N. The van der Waals surface area contributed by atoms with Crippen molar-refractivity contribution in [1.82, 2.24) is 0 Å². The van der Waals surface area contributed by atoms with E-state index in [4.69, 9.17) is 10.5 Å². The standard InChI is InChI=1S/C15H24N2O/c1-15(2)8-4-5-12(10-15)17-11-6-7-13(16)14(9-11)18-3/h6-7,9,12,17H,4-5,8,10,16H2,1-3H3. The van der Waals surface area contributed by atoms with Gasteiger partial charge in [0.05, 0.1) is 12.8 Å². The third kappa shape index (κ3) is 3.09. The topological polar surface area (TPSA) is 47.3 Å². The van der Waals surface area contributed by atoms with Crippen molar-refractivity contribution in [3.8, 4) is 5.75 Å². The van der Waals surface area contributed by atoms with Gasteiger partial charge in [-0.2, -0.15) is 0 Å². The fourth-order valence-corrected chi connectivity index (χ4v) is 2.86. The van der Waals surface area contributed by atoms with Crippen LogP contribution in [0, 0.1) is 5.41 Å². The number of rotatable bonds is 3. The molecule has 1 aromatic rings. The molecule has 1 aliphatic carbocycles. The van der Waals surface area contributed by atoms with Gasteiger partial charge in [-0.25, -0.2) is 0 Å². The number of nitrogen functional groups attached to an aromatic ring is 1. The van der Waals surface area contributed by atoms with Gasteiger partial charge in [0.2, 0.25) is 0 Å². The number of hydrogen-bond donors (Lipinski definition) is 2. The van der Waals surface area contributed by atoms with Crippen LogP contribution < -0.4 is 15.8 Å². The minimum Gasteiger partial charge on any atom is -0.495 e. The average molecular weight is 248 g/mol. The second-order valence-electron chi connectivity index (χ2n) is 6.06. The second kappa shape index (κ2) is 5.09. The first-order valence-corrected chi connectivity index (χ1v) is 6.70. The van der Waals surface area contributed by atoms with Crippen LogP contribution in [0.2, 0.25) is 0 Å². The van der Waals surface area contributed by atoms with Gasteiger partial charge in [0.15, 0.2) is 0 Å².